The molecule has 160 valence electrons. The van der Waals surface area contributed by atoms with Gasteiger partial charge < -0.3 is 4.42 Å². The van der Waals surface area contributed by atoms with Crippen LogP contribution >= 0.6 is 31.9 Å². The number of fused-ring (bicyclic) bond motifs is 14. The highest BCUT2D eigenvalue weighted by molar-refractivity contribution is 9.10. The normalized spacial score (nSPS) is 14.4. The van der Waals surface area contributed by atoms with Crippen molar-refractivity contribution < 1.29 is 4.42 Å². The van der Waals surface area contributed by atoms with Crippen LogP contribution in [0.25, 0.3) is 44.2 Å². The molecule has 1 aromatic heterocycles. The molecule has 1 nitrogen and oxygen atoms in total. The first-order valence-electron chi connectivity index (χ1n) is 11.3. The largest absolute Gasteiger partial charge is 0.456 e. The van der Waals surface area contributed by atoms with E-state index in [1.165, 1.54) is 55.3 Å². The van der Waals surface area contributed by atoms with Gasteiger partial charge in [-0.3, -0.25) is 0 Å². The lowest BCUT2D eigenvalue weighted by molar-refractivity contribution is 0.668. The van der Waals surface area contributed by atoms with Crippen LogP contribution in [0.15, 0.2) is 110 Å². The molecule has 2 aliphatic carbocycles. The lowest BCUT2D eigenvalue weighted by Crippen LogP contribution is -2.25. The van der Waals surface area contributed by atoms with Crippen LogP contribution in [0, 0.1) is 0 Å². The van der Waals surface area contributed by atoms with Crippen molar-refractivity contribution in [1.29, 1.82) is 0 Å². The molecule has 0 atom stereocenters. The Hall–Kier alpha value is -3.14. The molecule has 5 aromatic carbocycles. The Morgan fingerprint density at radius 2 is 1.21 bits per heavy atom. The minimum absolute atomic E-state index is 0.378. The molecular weight excluding hydrogens is 548 g/mol. The molecular formula is C31H16Br2O. The standard InChI is InChI=1S/C31H16Br2O/c32-17-9-11-19-20-12-10-18(33)16-26(20)31(25(19)15-17)23-7-3-1-5-21(23)29-24(31)13-14-28-30(29)22-6-2-4-8-27(22)34-28/h1-16H. The number of para-hydroxylation sites is 1. The Balaban J connectivity index is 1.64. The fourth-order valence-electron chi connectivity index (χ4n) is 6.43. The van der Waals surface area contributed by atoms with E-state index in [0.29, 0.717) is 0 Å². The van der Waals surface area contributed by atoms with E-state index in [1.54, 1.807) is 0 Å². The van der Waals surface area contributed by atoms with E-state index in [0.717, 1.165) is 20.1 Å². The van der Waals surface area contributed by atoms with Gasteiger partial charge in [-0.2, -0.15) is 0 Å². The molecule has 34 heavy (non-hydrogen) atoms. The van der Waals surface area contributed by atoms with Crippen LogP contribution in [0.2, 0.25) is 0 Å². The quantitative estimate of drug-likeness (QED) is 0.179. The summed E-state index contributed by atoms with van der Waals surface area (Å²) >= 11 is 7.55. The van der Waals surface area contributed by atoms with Crippen LogP contribution in [-0.4, -0.2) is 0 Å². The Morgan fingerprint density at radius 1 is 0.529 bits per heavy atom. The highest BCUT2D eigenvalue weighted by Gasteiger charge is 2.52. The zero-order chi connectivity index (χ0) is 22.6. The first-order chi connectivity index (χ1) is 16.7. The van der Waals surface area contributed by atoms with Gasteiger partial charge in [-0.25, -0.2) is 0 Å². The summed E-state index contributed by atoms with van der Waals surface area (Å²) in [7, 11) is 0. The predicted octanol–water partition coefficient (Wildman–Crippen LogP) is 9.45. The van der Waals surface area contributed by atoms with Crippen molar-refractivity contribution in [2.24, 2.45) is 0 Å². The third kappa shape index (κ3) is 2.16. The van der Waals surface area contributed by atoms with Gasteiger partial charge in [0.1, 0.15) is 11.2 Å². The Morgan fingerprint density at radius 3 is 1.97 bits per heavy atom. The van der Waals surface area contributed by atoms with E-state index in [-0.39, 0.29) is 5.41 Å². The second kappa shape index (κ2) is 6.50. The van der Waals surface area contributed by atoms with Gasteiger partial charge in [0.15, 0.2) is 0 Å². The van der Waals surface area contributed by atoms with E-state index in [9.17, 15) is 0 Å². The average Bonchev–Trinajstić information content (AvgIpc) is 3.47. The molecule has 0 N–H and O–H groups in total. The first-order valence-corrected chi connectivity index (χ1v) is 12.9. The van der Waals surface area contributed by atoms with Gasteiger partial charge in [0, 0.05) is 19.7 Å². The van der Waals surface area contributed by atoms with E-state index in [4.69, 9.17) is 4.42 Å². The highest BCUT2D eigenvalue weighted by Crippen LogP contribution is 2.64. The summed E-state index contributed by atoms with van der Waals surface area (Å²) in [4.78, 5) is 0. The molecule has 0 amide bonds. The van der Waals surface area contributed by atoms with Gasteiger partial charge in [0.05, 0.1) is 5.41 Å². The number of hydrogen-bond acceptors (Lipinski definition) is 1. The summed E-state index contributed by atoms with van der Waals surface area (Å²) in [5.41, 5.74) is 12.0. The van der Waals surface area contributed by atoms with Gasteiger partial charge in [-0.15, -0.1) is 0 Å². The maximum Gasteiger partial charge on any atom is 0.136 e. The molecule has 1 heterocycles. The summed E-state index contributed by atoms with van der Waals surface area (Å²) < 4.78 is 8.50. The number of hydrogen-bond donors (Lipinski definition) is 0. The molecule has 2 aliphatic rings. The maximum absolute atomic E-state index is 6.31. The van der Waals surface area contributed by atoms with Gasteiger partial charge in [0.2, 0.25) is 0 Å². The van der Waals surface area contributed by atoms with Crippen LogP contribution in [0.3, 0.4) is 0 Å². The van der Waals surface area contributed by atoms with Gasteiger partial charge >= 0.3 is 0 Å². The second-order valence-electron chi connectivity index (χ2n) is 9.13. The van der Waals surface area contributed by atoms with Crippen molar-refractivity contribution in [2.45, 2.75) is 5.41 Å². The molecule has 0 saturated carbocycles. The predicted molar refractivity (Wildman–Crippen MR) is 145 cm³/mol. The minimum Gasteiger partial charge on any atom is -0.456 e. The molecule has 0 aliphatic heterocycles. The Kier molecular flexibility index (Phi) is 3.67. The van der Waals surface area contributed by atoms with Crippen LogP contribution in [-0.2, 0) is 5.41 Å². The first kappa shape index (κ1) is 19.2. The molecule has 0 saturated heterocycles. The van der Waals surface area contributed by atoms with Gasteiger partial charge in [0.25, 0.3) is 0 Å². The molecule has 6 aromatic rings. The topological polar surface area (TPSA) is 13.1 Å². The lowest BCUT2D eigenvalue weighted by atomic mass is 9.70. The molecule has 0 unspecified atom stereocenters. The van der Waals surface area contributed by atoms with Crippen molar-refractivity contribution in [3.05, 3.63) is 128 Å². The number of benzene rings is 5. The average molecular weight is 564 g/mol. The van der Waals surface area contributed by atoms with E-state index < -0.39 is 0 Å². The van der Waals surface area contributed by atoms with Crippen LogP contribution in [0.4, 0.5) is 0 Å². The van der Waals surface area contributed by atoms with Crippen LogP contribution in [0.1, 0.15) is 22.3 Å². The van der Waals surface area contributed by atoms with Crippen molar-refractivity contribution in [1.82, 2.24) is 0 Å². The minimum atomic E-state index is -0.378. The fraction of sp³-hybridized carbons (Fsp3) is 0.0323. The number of halogens is 2. The van der Waals surface area contributed by atoms with Crippen molar-refractivity contribution in [3.63, 3.8) is 0 Å². The van der Waals surface area contributed by atoms with E-state index in [1.807, 2.05) is 6.07 Å². The van der Waals surface area contributed by atoms with Crippen molar-refractivity contribution in [3.8, 4) is 22.3 Å². The fourth-order valence-corrected chi connectivity index (χ4v) is 7.15. The van der Waals surface area contributed by atoms with Gasteiger partial charge in [-0.05, 0) is 80.9 Å². The summed E-state index contributed by atoms with van der Waals surface area (Å²) in [5.74, 6) is 0. The molecule has 1 spiro atoms. The second-order valence-corrected chi connectivity index (χ2v) is 11.0. The monoisotopic (exact) mass is 562 g/mol. The van der Waals surface area contributed by atoms with E-state index in [2.05, 4.69) is 123 Å². The summed E-state index contributed by atoms with van der Waals surface area (Å²) in [6.07, 6.45) is 0. The highest BCUT2D eigenvalue weighted by atomic mass is 79.9. The van der Waals surface area contributed by atoms with E-state index >= 15 is 0 Å². The Labute approximate surface area is 213 Å². The molecule has 8 rings (SSSR count). The van der Waals surface area contributed by atoms with Crippen molar-refractivity contribution >= 4 is 53.8 Å². The maximum atomic E-state index is 6.31. The summed E-state index contributed by atoms with van der Waals surface area (Å²) in [6, 6.07) is 35.2. The molecule has 0 bridgehead atoms. The third-order valence-electron chi connectivity index (χ3n) is 7.61. The Bertz CT molecular complexity index is 1790. The smallest absolute Gasteiger partial charge is 0.136 e. The van der Waals surface area contributed by atoms with Gasteiger partial charge in [-0.1, -0.05) is 92.5 Å². The zero-order valence-electron chi connectivity index (χ0n) is 17.9. The summed E-state index contributed by atoms with van der Waals surface area (Å²) in [5, 5.41) is 2.38. The summed E-state index contributed by atoms with van der Waals surface area (Å²) in [6.45, 7) is 0. The molecule has 3 heteroatoms. The lowest BCUT2D eigenvalue weighted by Gasteiger charge is -2.30. The molecule has 0 radical (unpaired) electrons. The third-order valence-corrected chi connectivity index (χ3v) is 8.60. The molecule has 0 fully saturated rings. The SMILES string of the molecule is Brc1ccc2c(c1)C1(c3cc(Br)ccc3-2)c2ccccc2-c2c1ccc1oc3ccccc3c21. The zero-order valence-corrected chi connectivity index (χ0v) is 21.1. The number of furan rings is 1. The van der Waals surface area contributed by atoms with Crippen LogP contribution in [0.5, 0.6) is 0 Å². The van der Waals surface area contributed by atoms with Crippen molar-refractivity contribution in [2.75, 3.05) is 0 Å². The number of rotatable bonds is 0. The van der Waals surface area contributed by atoms with Crippen LogP contribution < -0.4 is 0 Å².